The van der Waals surface area contributed by atoms with Crippen LogP contribution in [-0.2, 0) is 9.47 Å². The van der Waals surface area contributed by atoms with Crippen LogP contribution in [0.5, 0.6) is 0 Å². The molecule has 1 atom stereocenters. The summed E-state index contributed by atoms with van der Waals surface area (Å²) in [6.07, 6.45) is 1.11. The lowest BCUT2D eigenvalue weighted by atomic mass is 9.79. The van der Waals surface area contributed by atoms with Crippen molar-refractivity contribution in [3.05, 3.63) is 0 Å². The van der Waals surface area contributed by atoms with Gasteiger partial charge in [0.1, 0.15) is 0 Å². The predicted octanol–water partition coefficient (Wildman–Crippen LogP) is 2.31. The molecule has 3 nitrogen and oxygen atoms in total. The molecule has 1 N–H and O–H groups in total. The van der Waals surface area contributed by atoms with E-state index in [1.807, 2.05) is 0 Å². The SMILES string of the molecule is CCNCC(CCOCCOC)C(C)(C)C. The van der Waals surface area contributed by atoms with Gasteiger partial charge in [0.15, 0.2) is 0 Å². The van der Waals surface area contributed by atoms with E-state index in [9.17, 15) is 0 Å². The largest absolute Gasteiger partial charge is 0.382 e. The smallest absolute Gasteiger partial charge is 0.0700 e. The van der Waals surface area contributed by atoms with Crippen LogP contribution in [-0.4, -0.2) is 40.0 Å². The fraction of sp³-hybridized carbons (Fsp3) is 1.00. The maximum Gasteiger partial charge on any atom is 0.0700 e. The summed E-state index contributed by atoms with van der Waals surface area (Å²) in [7, 11) is 1.70. The monoisotopic (exact) mass is 231 g/mol. The van der Waals surface area contributed by atoms with Crippen LogP contribution in [0.1, 0.15) is 34.1 Å². The van der Waals surface area contributed by atoms with Crippen molar-refractivity contribution in [1.82, 2.24) is 5.32 Å². The Labute approximate surface area is 101 Å². The Morgan fingerprint density at radius 1 is 1.12 bits per heavy atom. The van der Waals surface area contributed by atoms with Crippen LogP contribution in [0, 0.1) is 11.3 Å². The van der Waals surface area contributed by atoms with Crippen LogP contribution < -0.4 is 5.32 Å². The third-order valence-corrected chi connectivity index (χ3v) is 2.91. The molecule has 0 spiro atoms. The second-order valence-electron chi connectivity index (χ2n) is 5.26. The summed E-state index contributed by atoms with van der Waals surface area (Å²) in [5.41, 5.74) is 0.340. The van der Waals surface area contributed by atoms with Gasteiger partial charge in [-0.2, -0.15) is 0 Å². The quantitative estimate of drug-likeness (QED) is 0.618. The minimum atomic E-state index is 0.340. The fourth-order valence-electron chi connectivity index (χ4n) is 1.63. The summed E-state index contributed by atoms with van der Waals surface area (Å²) < 4.78 is 10.5. The van der Waals surface area contributed by atoms with Gasteiger partial charge in [0.05, 0.1) is 13.2 Å². The summed E-state index contributed by atoms with van der Waals surface area (Å²) in [5, 5.41) is 3.43. The molecular formula is C13H29NO2. The molecule has 0 amide bonds. The molecule has 0 saturated heterocycles. The zero-order valence-corrected chi connectivity index (χ0v) is 11.6. The Balaban J connectivity index is 3.75. The Morgan fingerprint density at radius 2 is 1.81 bits per heavy atom. The molecule has 98 valence electrons. The van der Waals surface area contributed by atoms with Gasteiger partial charge in [0.25, 0.3) is 0 Å². The third-order valence-electron chi connectivity index (χ3n) is 2.91. The van der Waals surface area contributed by atoms with Crippen molar-refractivity contribution in [2.24, 2.45) is 11.3 Å². The Hall–Kier alpha value is -0.120. The number of hydrogen-bond acceptors (Lipinski definition) is 3. The van der Waals surface area contributed by atoms with E-state index in [1.165, 1.54) is 0 Å². The van der Waals surface area contributed by atoms with Gasteiger partial charge in [0, 0.05) is 13.7 Å². The Morgan fingerprint density at radius 3 is 2.31 bits per heavy atom. The summed E-state index contributed by atoms with van der Waals surface area (Å²) in [6.45, 7) is 13.4. The van der Waals surface area contributed by atoms with Gasteiger partial charge in [-0.05, 0) is 30.8 Å². The second kappa shape index (κ2) is 8.97. The number of ether oxygens (including phenoxy) is 2. The molecule has 0 aliphatic carbocycles. The van der Waals surface area contributed by atoms with Crippen molar-refractivity contribution in [3.8, 4) is 0 Å². The summed E-state index contributed by atoms with van der Waals surface area (Å²) >= 11 is 0. The van der Waals surface area contributed by atoms with E-state index < -0.39 is 0 Å². The van der Waals surface area contributed by atoms with Crippen molar-refractivity contribution in [2.45, 2.75) is 34.1 Å². The van der Waals surface area contributed by atoms with Crippen molar-refractivity contribution >= 4 is 0 Å². The van der Waals surface area contributed by atoms with Crippen molar-refractivity contribution in [1.29, 1.82) is 0 Å². The zero-order valence-electron chi connectivity index (χ0n) is 11.6. The first-order valence-corrected chi connectivity index (χ1v) is 6.29. The molecule has 0 aromatic heterocycles. The lowest BCUT2D eigenvalue weighted by molar-refractivity contribution is 0.0541. The molecule has 16 heavy (non-hydrogen) atoms. The van der Waals surface area contributed by atoms with E-state index in [4.69, 9.17) is 9.47 Å². The van der Waals surface area contributed by atoms with Crippen LogP contribution in [0.2, 0.25) is 0 Å². The summed E-state index contributed by atoms with van der Waals surface area (Å²) in [5.74, 6) is 0.662. The average molecular weight is 231 g/mol. The molecule has 0 bridgehead atoms. The van der Waals surface area contributed by atoms with Gasteiger partial charge >= 0.3 is 0 Å². The van der Waals surface area contributed by atoms with Gasteiger partial charge in [-0.3, -0.25) is 0 Å². The van der Waals surface area contributed by atoms with Crippen LogP contribution >= 0.6 is 0 Å². The maximum atomic E-state index is 5.53. The van der Waals surface area contributed by atoms with Crippen molar-refractivity contribution in [2.75, 3.05) is 40.0 Å². The Kier molecular flexibility index (Phi) is 8.90. The van der Waals surface area contributed by atoms with E-state index in [2.05, 4.69) is 33.0 Å². The first kappa shape index (κ1) is 15.9. The van der Waals surface area contributed by atoms with Crippen LogP contribution in [0.3, 0.4) is 0 Å². The molecule has 3 heteroatoms. The molecule has 0 aromatic carbocycles. The van der Waals surface area contributed by atoms with Gasteiger partial charge in [-0.25, -0.2) is 0 Å². The van der Waals surface area contributed by atoms with Crippen LogP contribution in [0.25, 0.3) is 0 Å². The van der Waals surface area contributed by atoms with Gasteiger partial charge in [-0.1, -0.05) is 27.7 Å². The highest BCUT2D eigenvalue weighted by Crippen LogP contribution is 2.28. The first-order valence-electron chi connectivity index (χ1n) is 6.29. The highest BCUT2D eigenvalue weighted by molar-refractivity contribution is 4.75. The van der Waals surface area contributed by atoms with E-state index in [0.29, 0.717) is 24.5 Å². The average Bonchev–Trinajstić information content (AvgIpc) is 2.20. The minimum absolute atomic E-state index is 0.340. The lowest BCUT2D eigenvalue weighted by Crippen LogP contribution is -2.32. The van der Waals surface area contributed by atoms with Crippen molar-refractivity contribution in [3.63, 3.8) is 0 Å². The number of methoxy groups -OCH3 is 1. The van der Waals surface area contributed by atoms with Crippen molar-refractivity contribution < 1.29 is 9.47 Å². The van der Waals surface area contributed by atoms with E-state index in [0.717, 1.165) is 26.1 Å². The van der Waals surface area contributed by atoms with Crippen LogP contribution in [0.4, 0.5) is 0 Å². The molecule has 0 aliphatic rings. The van der Waals surface area contributed by atoms with E-state index >= 15 is 0 Å². The van der Waals surface area contributed by atoms with E-state index in [-0.39, 0.29) is 0 Å². The number of nitrogens with one attached hydrogen (secondary N) is 1. The van der Waals surface area contributed by atoms with Gasteiger partial charge in [-0.15, -0.1) is 0 Å². The first-order chi connectivity index (χ1) is 7.52. The molecule has 0 saturated carbocycles. The molecule has 0 rings (SSSR count). The fourth-order valence-corrected chi connectivity index (χ4v) is 1.63. The van der Waals surface area contributed by atoms with Gasteiger partial charge < -0.3 is 14.8 Å². The number of rotatable bonds is 9. The predicted molar refractivity (Wildman–Crippen MR) is 68.8 cm³/mol. The van der Waals surface area contributed by atoms with E-state index in [1.54, 1.807) is 7.11 Å². The molecule has 0 aliphatic heterocycles. The lowest BCUT2D eigenvalue weighted by Gasteiger charge is -2.31. The Bertz CT molecular complexity index is 155. The standard InChI is InChI=1S/C13H29NO2/c1-6-14-11-12(13(2,3)4)7-8-16-10-9-15-5/h12,14H,6-11H2,1-5H3. The summed E-state index contributed by atoms with van der Waals surface area (Å²) in [4.78, 5) is 0. The topological polar surface area (TPSA) is 30.5 Å². The molecule has 1 unspecified atom stereocenters. The molecule has 0 radical (unpaired) electrons. The van der Waals surface area contributed by atoms with Crippen LogP contribution in [0.15, 0.2) is 0 Å². The highest BCUT2D eigenvalue weighted by Gasteiger charge is 2.23. The minimum Gasteiger partial charge on any atom is -0.382 e. The normalized spacial score (nSPS) is 14.1. The second-order valence-corrected chi connectivity index (χ2v) is 5.26. The molecule has 0 heterocycles. The highest BCUT2D eigenvalue weighted by atomic mass is 16.5. The molecular weight excluding hydrogens is 202 g/mol. The zero-order chi connectivity index (χ0) is 12.4. The maximum absolute atomic E-state index is 5.53. The molecule has 0 aromatic rings. The summed E-state index contributed by atoms with van der Waals surface area (Å²) in [6, 6.07) is 0. The molecule has 0 fully saturated rings. The third kappa shape index (κ3) is 8.08. The van der Waals surface area contributed by atoms with Gasteiger partial charge in [0.2, 0.25) is 0 Å². The number of hydrogen-bond donors (Lipinski definition) is 1.